The summed E-state index contributed by atoms with van der Waals surface area (Å²) in [7, 11) is 0. The molecule has 66 valence electrons. The molecule has 0 aromatic heterocycles. The standard InChI is InChI=1S/C7H15NO3/c8-5-3-4(9)1-2-6(10)7(5)11/h4-7,9-11H,1-3,8H2. The molecule has 0 bridgehead atoms. The Morgan fingerprint density at radius 3 is 2.36 bits per heavy atom. The summed E-state index contributed by atoms with van der Waals surface area (Å²) < 4.78 is 0. The maximum Gasteiger partial charge on any atom is 0.0950 e. The van der Waals surface area contributed by atoms with Crippen LogP contribution in [0.3, 0.4) is 0 Å². The first kappa shape index (κ1) is 8.93. The number of hydrogen-bond acceptors (Lipinski definition) is 4. The van der Waals surface area contributed by atoms with Crippen LogP contribution in [-0.2, 0) is 0 Å². The van der Waals surface area contributed by atoms with Gasteiger partial charge in [0.05, 0.1) is 18.3 Å². The molecule has 5 N–H and O–H groups in total. The van der Waals surface area contributed by atoms with Crippen molar-refractivity contribution in [1.82, 2.24) is 0 Å². The number of hydrogen-bond donors (Lipinski definition) is 4. The molecule has 4 atom stereocenters. The number of aliphatic hydroxyl groups excluding tert-OH is 3. The lowest BCUT2D eigenvalue weighted by Gasteiger charge is -2.19. The minimum Gasteiger partial charge on any atom is -0.393 e. The van der Waals surface area contributed by atoms with Crippen molar-refractivity contribution in [3.05, 3.63) is 0 Å². The van der Waals surface area contributed by atoms with Crippen molar-refractivity contribution >= 4 is 0 Å². The van der Waals surface area contributed by atoms with Gasteiger partial charge in [0.1, 0.15) is 0 Å². The highest BCUT2D eigenvalue weighted by Crippen LogP contribution is 2.17. The summed E-state index contributed by atoms with van der Waals surface area (Å²) in [6, 6.07) is -0.498. The Balaban J connectivity index is 2.53. The SMILES string of the molecule is NC1CC(O)CCC(O)C1O. The number of rotatable bonds is 0. The van der Waals surface area contributed by atoms with Crippen LogP contribution in [0.2, 0.25) is 0 Å². The third-order valence-electron chi connectivity index (χ3n) is 2.17. The minimum absolute atomic E-state index is 0.373. The summed E-state index contributed by atoms with van der Waals surface area (Å²) >= 11 is 0. The summed E-state index contributed by atoms with van der Waals surface area (Å²) in [6.07, 6.45) is -0.814. The Morgan fingerprint density at radius 1 is 1.09 bits per heavy atom. The Morgan fingerprint density at radius 2 is 1.73 bits per heavy atom. The van der Waals surface area contributed by atoms with E-state index < -0.39 is 24.4 Å². The topological polar surface area (TPSA) is 86.7 Å². The molecule has 0 heterocycles. The molecule has 0 amide bonds. The number of nitrogens with two attached hydrogens (primary N) is 1. The zero-order chi connectivity index (χ0) is 8.43. The normalized spacial score (nSPS) is 46.9. The van der Waals surface area contributed by atoms with Crippen LogP contribution in [-0.4, -0.2) is 39.7 Å². The highest BCUT2D eigenvalue weighted by molar-refractivity contribution is 4.85. The molecule has 0 spiro atoms. The summed E-state index contributed by atoms with van der Waals surface area (Å²) in [5.41, 5.74) is 5.49. The van der Waals surface area contributed by atoms with Crippen LogP contribution in [0, 0.1) is 0 Å². The van der Waals surface area contributed by atoms with E-state index in [1.165, 1.54) is 0 Å². The second kappa shape index (κ2) is 3.49. The molecule has 1 aliphatic rings. The average Bonchev–Trinajstić information content (AvgIpc) is 2.05. The molecule has 4 heteroatoms. The van der Waals surface area contributed by atoms with Gasteiger partial charge in [-0.3, -0.25) is 0 Å². The molecule has 11 heavy (non-hydrogen) atoms. The van der Waals surface area contributed by atoms with Gasteiger partial charge in [0.15, 0.2) is 0 Å². The average molecular weight is 161 g/mol. The monoisotopic (exact) mass is 161 g/mol. The van der Waals surface area contributed by atoms with Gasteiger partial charge in [-0.25, -0.2) is 0 Å². The van der Waals surface area contributed by atoms with E-state index in [4.69, 9.17) is 5.73 Å². The van der Waals surface area contributed by atoms with E-state index in [1.54, 1.807) is 0 Å². The van der Waals surface area contributed by atoms with Crippen LogP contribution in [0.25, 0.3) is 0 Å². The van der Waals surface area contributed by atoms with Crippen LogP contribution >= 0.6 is 0 Å². The lowest BCUT2D eigenvalue weighted by Crippen LogP contribution is -2.42. The van der Waals surface area contributed by atoms with Crippen LogP contribution in [0.1, 0.15) is 19.3 Å². The summed E-state index contributed by atoms with van der Waals surface area (Å²) in [6.45, 7) is 0. The zero-order valence-corrected chi connectivity index (χ0v) is 6.35. The van der Waals surface area contributed by atoms with E-state index in [-0.39, 0.29) is 0 Å². The second-order valence-electron chi connectivity index (χ2n) is 3.19. The maximum absolute atomic E-state index is 9.26. The van der Waals surface area contributed by atoms with E-state index in [9.17, 15) is 15.3 Å². The fraction of sp³-hybridized carbons (Fsp3) is 1.00. The third kappa shape index (κ3) is 2.13. The van der Waals surface area contributed by atoms with Gasteiger partial charge in [-0.2, -0.15) is 0 Å². The summed E-state index contributed by atoms with van der Waals surface area (Å²) in [4.78, 5) is 0. The van der Waals surface area contributed by atoms with E-state index in [0.29, 0.717) is 19.3 Å². The molecule has 1 fully saturated rings. The van der Waals surface area contributed by atoms with Crippen molar-refractivity contribution in [3.63, 3.8) is 0 Å². The molecule has 4 nitrogen and oxygen atoms in total. The van der Waals surface area contributed by atoms with Crippen molar-refractivity contribution < 1.29 is 15.3 Å². The second-order valence-corrected chi connectivity index (χ2v) is 3.19. The maximum atomic E-state index is 9.26. The number of aliphatic hydroxyl groups is 3. The minimum atomic E-state index is -0.882. The molecule has 0 saturated heterocycles. The molecule has 0 aliphatic heterocycles. The fourth-order valence-electron chi connectivity index (χ4n) is 1.39. The van der Waals surface area contributed by atoms with Gasteiger partial charge in [-0.1, -0.05) is 0 Å². The molecule has 1 rings (SSSR count). The van der Waals surface area contributed by atoms with Gasteiger partial charge in [0, 0.05) is 6.04 Å². The van der Waals surface area contributed by atoms with Crippen LogP contribution in [0.5, 0.6) is 0 Å². The lowest BCUT2D eigenvalue weighted by atomic mass is 10.1. The zero-order valence-electron chi connectivity index (χ0n) is 6.35. The van der Waals surface area contributed by atoms with Gasteiger partial charge < -0.3 is 21.1 Å². The Hall–Kier alpha value is -0.160. The molecule has 4 unspecified atom stereocenters. The lowest BCUT2D eigenvalue weighted by molar-refractivity contribution is 0.00558. The van der Waals surface area contributed by atoms with Crippen molar-refractivity contribution in [2.75, 3.05) is 0 Å². The molecular weight excluding hydrogens is 146 g/mol. The molecule has 0 aromatic carbocycles. The molecular formula is C7H15NO3. The van der Waals surface area contributed by atoms with E-state index in [1.807, 2.05) is 0 Å². The molecule has 1 aliphatic carbocycles. The predicted octanol–water partition coefficient (Wildman–Crippen LogP) is -1.42. The van der Waals surface area contributed by atoms with Gasteiger partial charge in [-0.05, 0) is 19.3 Å². The van der Waals surface area contributed by atoms with Crippen LogP contribution in [0.4, 0.5) is 0 Å². The fourth-order valence-corrected chi connectivity index (χ4v) is 1.39. The van der Waals surface area contributed by atoms with Crippen LogP contribution in [0.15, 0.2) is 0 Å². The van der Waals surface area contributed by atoms with E-state index in [0.717, 1.165) is 0 Å². The first-order chi connectivity index (χ1) is 5.11. The molecule has 1 saturated carbocycles. The van der Waals surface area contributed by atoms with Crippen molar-refractivity contribution in [3.8, 4) is 0 Å². The third-order valence-corrected chi connectivity index (χ3v) is 2.17. The first-order valence-corrected chi connectivity index (χ1v) is 3.91. The Bertz CT molecular complexity index is 131. The quantitative estimate of drug-likeness (QED) is 0.328. The molecule has 0 radical (unpaired) electrons. The Kier molecular flexibility index (Phi) is 2.84. The van der Waals surface area contributed by atoms with Crippen molar-refractivity contribution in [1.29, 1.82) is 0 Å². The van der Waals surface area contributed by atoms with Gasteiger partial charge in [-0.15, -0.1) is 0 Å². The van der Waals surface area contributed by atoms with Crippen molar-refractivity contribution in [2.24, 2.45) is 5.73 Å². The Labute approximate surface area is 65.6 Å². The highest BCUT2D eigenvalue weighted by Gasteiger charge is 2.29. The van der Waals surface area contributed by atoms with E-state index in [2.05, 4.69) is 0 Å². The summed E-state index contributed by atoms with van der Waals surface area (Å²) in [5.74, 6) is 0. The smallest absolute Gasteiger partial charge is 0.0950 e. The molecule has 0 aromatic rings. The summed E-state index contributed by atoms with van der Waals surface area (Å²) in [5, 5.41) is 27.7. The van der Waals surface area contributed by atoms with Gasteiger partial charge in [0.25, 0.3) is 0 Å². The van der Waals surface area contributed by atoms with Crippen molar-refractivity contribution in [2.45, 2.75) is 43.6 Å². The largest absolute Gasteiger partial charge is 0.393 e. The van der Waals surface area contributed by atoms with E-state index >= 15 is 0 Å². The van der Waals surface area contributed by atoms with Gasteiger partial charge >= 0.3 is 0 Å². The predicted molar refractivity (Wildman–Crippen MR) is 39.8 cm³/mol. The first-order valence-electron chi connectivity index (χ1n) is 3.91. The van der Waals surface area contributed by atoms with Crippen LogP contribution < -0.4 is 5.73 Å². The highest BCUT2D eigenvalue weighted by atomic mass is 16.3. The van der Waals surface area contributed by atoms with Gasteiger partial charge in [0.2, 0.25) is 0 Å².